The highest BCUT2D eigenvalue weighted by molar-refractivity contribution is 5.92. The number of carbonyl (C=O) groups excluding carboxylic acids is 1. The molecule has 0 spiro atoms. The predicted octanol–water partition coefficient (Wildman–Crippen LogP) is 1.49. The summed E-state index contributed by atoms with van der Waals surface area (Å²) in [5.74, 6) is 1.65. The molecule has 1 aliphatic rings. The molecule has 2 aromatic heterocycles. The number of benzene rings is 1. The van der Waals surface area contributed by atoms with Gasteiger partial charge in [0.05, 0.1) is 23.1 Å². The van der Waals surface area contributed by atoms with Gasteiger partial charge in [0.15, 0.2) is 0 Å². The fourth-order valence-corrected chi connectivity index (χ4v) is 3.75. The SMILES string of the molecule is Cn1c(CNCC2CCN(c3ncc(C(=O)NO)cn3)CC2)nc2ccccc21. The van der Waals surface area contributed by atoms with Crippen molar-refractivity contribution >= 4 is 22.9 Å². The van der Waals surface area contributed by atoms with E-state index in [9.17, 15) is 4.79 Å². The molecule has 152 valence electrons. The number of nitrogens with zero attached hydrogens (tertiary/aromatic N) is 5. The van der Waals surface area contributed by atoms with Gasteiger partial charge < -0.3 is 14.8 Å². The van der Waals surface area contributed by atoms with Gasteiger partial charge in [-0.25, -0.2) is 20.4 Å². The quantitative estimate of drug-likeness (QED) is 0.429. The molecule has 0 saturated carbocycles. The summed E-state index contributed by atoms with van der Waals surface area (Å²) in [6.07, 6.45) is 4.96. The summed E-state index contributed by atoms with van der Waals surface area (Å²) in [5.41, 5.74) is 4.00. The average Bonchev–Trinajstić information content (AvgIpc) is 3.09. The molecule has 3 heterocycles. The van der Waals surface area contributed by atoms with Crippen LogP contribution in [0.3, 0.4) is 0 Å². The number of aromatic nitrogens is 4. The number of hydrogen-bond acceptors (Lipinski definition) is 7. The summed E-state index contributed by atoms with van der Waals surface area (Å²) in [5, 5.41) is 12.2. The van der Waals surface area contributed by atoms with E-state index in [-0.39, 0.29) is 5.56 Å². The molecule has 3 aromatic rings. The second-order valence-corrected chi connectivity index (χ2v) is 7.35. The van der Waals surface area contributed by atoms with Crippen molar-refractivity contribution in [3.63, 3.8) is 0 Å². The van der Waals surface area contributed by atoms with Gasteiger partial charge in [0.25, 0.3) is 5.91 Å². The maximum absolute atomic E-state index is 11.4. The van der Waals surface area contributed by atoms with E-state index >= 15 is 0 Å². The average molecular weight is 395 g/mol. The first kappa shape index (κ1) is 19.3. The van der Waals surface area contributed by atoms with E-state index in [4.69, 9.17) is 10.2 Å². The fraction of sp³-hybridized carbons (Fsp3) is 0.400. The molecule has 9 heteroatoms. The summed E-state index contributed by atoms with van der Waals surface area (Å²) >= 11 is 0. The van der Waals surface area contributed by atoms with Crippen molar-refractivity contribution in [3.8, 4) is 0 Å². The Balaban J connectivity index is 1.25. The molecule has 9 nitrogen and oxygen atoms in total. The Morgan fingerprint density at radius 3 is 2.62 bits per heavy atom. The molecule has 1 aromatic carbocycles. The number of piperidine rings is 1. The Morgan fingerprint density at radius 2 is 1.93 bits per heavy atom. The van der Waals surface area contributed by atoms with Crippen LogP contribution in [0.4, 0.5) is 5.95 Å². The highest BCUT2D eigenvalue weighted by atomic mass is 16.5. The van der Waals surface area contributed by atoms with E-state index in [0.717, 1.165) is 55.9 Å². The van der Waals surface area contributed by atoms with Crippen LogP contribution in [0.1, 0.15) is 29.0 Å². The number of hydrogen-bond donors (Lipinski definition) is 3. The molecule has 0 atom stereocenters. The molecular formula is C20H25N7O2. The lowest BCUT2D eigenvalue weighted by molar-refractivity contribution is 0.0705. The molecule has 29 heavy (non-hydrogen) atoms. The number of para-hydroxylation sites is 2. The van der Waals surface area contributed by atoms with E-state index in [0.29, 0.717) is 11.9 Å². The van der Waals surface area contributed by atoms with Crippen LogP contribution in [-0.4, -0.2) is 50.3 Å². The topological polar surface area (TPSA) is 108 Å². The second kappa shape index (κ2) is 8.54. The van der Waals surface area contributed by atoms with Crippen molar-refractivity contribution in [2.45, 2.75) is 19.4 Å². The summed E-state index contributed by atoms with van der Waals surface area (Å²) < 4.78 is 2.14. The molecule has 3 N–H and O–H groups in total. The van der Waals surface area contributed by atoms with E-state index in [1.165, 1.54) is 12.4 Å². The van der Waals surface area contributed by atoms with Gasteiger partial charge in [-0.2, -0.15) is 0 Å². The van der Waals surface area contributed by atoms with Crippen LogP contribution in [-0.2, 0) is 13.6 Å². The van der Waals surface area contributed by atoms with Crippen molar-refractivity contribution < 1.29 is 10.0 Å². The van der Waals surface area contributed by atoms with Crippen molar-refractivity contribution in [2.75, 3.05) is 24.5 Å². The van der Waals surface area contributed by atoms with E-state index in [1.54, 1.807) is 5.48 Å². The van der Waals surface area contributed by atoms with Gasteiger partial charge in [0.1, 0.15) is 5.82 Å². The summed E-state index contributed by atoms with van der Waals surface area (Å²) in [4.78, 5) is 26.7. The zero-order chi connectivity index (χ0) is 20.2. The number of imidazole rings is 1. The third kappa shape index (κ3) is 4.20. The highest BCUT2D eigenvalue weighted by Gasteiger charge is 2.21. The molecule has 0 aliphatic carbocycles. The smallest absolute Gasteiger partial charge is 0.277 e. The van der Waals surface area contributed by atoms with Gasteiger partial charge in [-0.3, -0.25) is 10.0 Å². The number of aryl methyl sites for hydroxylation is 1. The van der Waals surface area contributed by atoms with Gasteiger partial charge >= 0.3 is 0 Å². The number of rotatable bonds is 6. The molecular weight excluding hydrogens is 370 g/mol. The molecule has 0 radical (unpaired) electrons. The predicted molar refractivity (Wildman–Crippen MR) is 109 cm³/mol. The maximum Gasteiger partial charge on any atom is 0.277 e. The molecule has 1 amide bonds. The molecule has 1 fully saturated rings. The number of anilines is 1. The van der Waals surface area contributed by atoms with Crippen molar-refractivity contribution in [1.82, 2.24) is 30.3 Å². The van der Waals surface area contributed by atoms with Crippen LogP contribution in [0.15, 0.2) is 36.7 Å². The van der Waals surface area contributed by atoms with Crippen LogP contribution < -0.4 is 15.7 Å². The van der Waals surface area contributed by atoms with Gasteiger partial charge in [-0.05, 0) is 37.4 Å². The first-order valence-electron chi connectivity index (χ1n) is 9.78. The van der Waals surface area contributed by atoms with Crippen LogP contribution in [0.5, 0.6) is 0 Å². The minimum Gasteiger partial charge on any atom is -0.341 e. The van der Waals surface area contributed by atoms with Gasteiger partial charge in [-0.15, -0.1) is 0 Å². The van der Waals surface area contributed by atoms with E-state index in [2.05, 4.69) is 37.9 Å². The number of nitrogens with one attached hydrogen (secondary N) is 2. The zero-order valence-corrected chi connectivity index (χ0v) is 16.4. The van der Waals surface area contributed by atoms with Crippen LogP contribution in [0, 0.1) is 5.92 Å². The maximum atomic E-state index is 11.4. The van der Waals surface area contributed by atoms with Crippen LogP contribution in [0.25, 0.3) is 11.0 Å². The molecule has 1 aliphatic heterocycles. The van der Waals surface area contributed by atoms with Crippen molar-refractivity contribution in [3.05, 3.63) is 48.0 Å². The van der Waals surface area contributed by atoms with Crippen molar-refractivity contribution in [1.29, 1.82) is 0 Å². The van der Waals surface area contributed by atoms with E-state index < -0.39 is 5.91 Å². The molecule has 1 saturated heterocycles. The Bertz CT molecular complexity index is 978. The third-order valence-corrected chi connectivity index (χ3v) is 5.50. The van der Waals surface area contributed by atoms with Crippen LogP contribution >= 0.6 is 0 Å². The lowest BCUT2D eigenvalue weighted by atomic mass is 9.97. The van der Waals surface area contributed by atoms with Crippen molar-refractivity contribution in [2.24, 2.45) is 13.0 Å². The minimum absolute atomic E-state index is 0.234. The number of carbonyl (C=O) groups is 1. The Kier molecular flexibility index (Phi) is 5.68. The Morgan fingerprint density at radius 1 is 1.21 bits per heavy atom. The fourth-order valence-electron chi connectivity index (χ4n) is 3.75. The zero-order valence-electron chi connectivity index (χ0n) is 16.4. The monoisotopic (exact) mass is 395 g/mol. The lowest BCUT2D eigenvalue weighted by Crippen LogP contribution is -2.38. The normalized spacial score (nSPS) is 15.0. The largest absolute Gasteiger partial charge is 0.341 e. The number of amides is 1. The summed E-state index contributed by atoms with van der Waals surface area (Å²) in [7, 11) is 2.06. The second-order valence-electron chi connectivity index (χ2n) is 7.35. The molecule has 0 bridgehead atoms. The standard InChI is InChI=1S/C20H25N7O2/c1-26-17-5-3-2-4-16(17)24-18(26)13-21-10-14-6-8-27(9-7-14)20-22-11-15(12-23-20)19(28)25-29/h2-5,11-12,14,21,29H,6-10,13H2,1H3,(H,25,28). The third-order valence-electron chi connectivity index (χ3n) is 5.50. The minimum atomic E-state index is -0.609. The number of hydroxylamine groups is 1. The summed E-state index contributed by atoms with van der Waals surface area (Å²) in [6, 6.07) is 8.18. The van der Waals surface area contributed by atoms with Gasteiger partial charge in [0.2, 0.25) is 5.95 Å². The van der Waals surface area contributed by atoms with E-state index in [1.807, 2.05) is 18.2 Å². The molecule has 4 rings (SSSR count). The van der Waals surface area contributed by atoms with Crippen LogP contribution in [0.2, 0.25) is 0 Å². The number of fused-ring (bicyclic) bond motifs is 1. The summed E-state index contributed by atoms with van der Waals surface area (Å²) in [6.45, 7) is 3.46. The molecule has 0 unspecified atom stereocenters. The lowest BCUT2D eigenvalue weighted by Gasteiger charge is -2.32. The Labute approximate surface area is 168 Å². The first-order valence-corrected chi connectivity index (χ1v) is 9.78. The Hall–Kier alpha value is -3.04. The van der Waals surface area contributed by atoms with Gasteiger partial charge in [0, 0.05) is 32.5 Å². The highest BCUT2D eigenvalue weighted by Crippen LogP contribution is 2.20. The first-order chi connectivity index (χ1) is 14.2. The van der Waals surface area contributed by atoms with Gasteiger partial charge in [-0.1, -0.05) is 12.1 Å².